The summed E-state index contributed by atoms with van der Waals surface area (Å²) in [4.78, 5) is 22.7. The molecule has 0 amide bonds. The lowest BCUT2D eigenvalue weighted by atomic mass is 9.94. The van der Waals surface area contributed by atoms with Gasteiger partial charge in [0.15, 0.2) is 5.78 Å². The monoisotopic (exact) mass is 232 g/mol. The van der Waals surface area contributed by atoms with Crippen LogP contribution in [0.2, 0.25) is 0 Å². The van der Waals surface area contributed by atoms with Gasteiger partial charge in [-0.15, -0.1) is 0 Å². The van der Waals surface area contributed by atoms with Gasteiger partial charge in [-0.25, -0.2) is 0 Å². The molecule has 2 rings (SSSR count). The number of carbonyl (C=O) groups excluding carboxylic acids is 1. The van der Waals surface area contributed by atoms with Crippen LogP contribution in [0.5, 0.6) is 0 Å². The maximum absolute atomic E-state index is 11.9. The molecule has 90 valence electrons. The summed E-state index contributed by atoms with van der Waals surface area (Å²) in [5, 5.41) is 8.93. The van der Waals surface area contributed by atoms with Crippen LogP contribution in [0.4, 0.5) is 0 Å². The first kappa shape index (κ1) is 11.8. The van der Waals surface area contributed by atoms with Crippen LogP contribution in [-0.4, -0.2) is 16.9 Å². The largest absolute Gasteiger partial charge is 0.481 e. The highest BCUT2D eigenvalue weighted by Crippen LogP contribution is 2.30. The minimum absolute atomic E-state index is 0.0336. The predicted molar refractivity (Wildman–Crippen MR) is 64.1 cm³/mol. The average molecular weight is 232 g/mol. The highest BCUT2D eigenvalue weighted by atomic mass is 16.4. The van der Waals surface area contributed by atoms with Gasteiger partial charge in [-0.2, -0.15) is 0 Å². The first-order chi connectivity index (χ1) is 8.00. The van der Waals surface area contributed by atoms with Crippen molar-refractivity contribution in [3.8, 4) is 0 Å². The van der Waals surface area contributed by atoms with Crippen molar-refractivity contribution in [1.29, 1.82) is 0 Å². The first-order valence-corrected chi connectivity index (χ1v) is 5.88. The Morgan fingerprint density at radius 2 is 2.24 bits per heavy atom. The fraction of sp³-hybridized carbons (Fsp3) is 0.429. The number of Topliss-reactive ketones (excluding diaryl/α,β-unsaturated/α-hetero) is 1. The number of carboxylic acid groups (broad SMARTS) is 1. The molecule has 0 spiro atoms. The molecule has 0 saturated heterocycles. The maximum atomic E-state index is 11.9. The number of benzene rings is 1. The standard InChI is InChI=1S/C14H16O3/c1-8-7-12-10(6-9(2)14(16)17)4-3-5-11(12)13(8)15/h3-5,8-9H,6-7H2,1-2H3,(H,16,17). The summed E-state index contributed by atoms with van der Waals surface area (Å²) in [6.45, 7) is 3.62. The van der Waals surface area contributed by atoms with E-state index in [9.17, 15) is 9.59 Å². The van der Waals surface area contributed by atoms with Crippen molar-refractivity contribution in [2.75, 3.05) is 0 Å². The zero-order valence-electron chi connectivity index (χ0n) is 10.1. The number of hydrogen-bond donors (Lipinski definition) is 1. The molecule has 1 aliphatic carbocycles. The van der Waals surface area contributed by atoms with Crippen molar-refractivity contribution in [1.82, 2.24) is 0 Å². The third kappa shape index (κ3) is 2.09. The molecule has 1 aromatic rings. The molecule has 0 saturated carbocycles. The number of fused-ring (bicyclic) bond motifs is 1. The van der Waals surface area contributed by atoms with Crippen LogP contribution in [0.3, 0.4) is 0 Å². The second kappa shape index (κ2) is 4.32. The van der Waals surface area contributed by atoms with E-state index in [-0.39, 0.29) is 11.7 Å². The molecule has 17 heavy (non-hydrogen) atoms. The van der Waals surface area contributed by atoms with Crippen molar-refractivity contribution in [2.45, 2.75) is 26.7 Å². The van der Waals surface area contributed by atoms with Crippen molar-refractivity contribution >= 4 is 11.8 Å². The van der Waals surface area contributed by atoms with Gasteiger partial charge >= 0.3 is 5.97 Å². The minimum atomic E-state index is -0.792. The van der Waals surface area contributed by atoms with Gasteiger partial charge in [0, 0.05) is 11.5 Å². The normalized spacial score (nSPS) is 20.1. The summed E-state index contributed by atoms with van der Waals surface area (Å²) in [5.41, 5.74) is 2.85. The van der Waals surface area contributed by atoms with E-state index in [4.69, 9.17) is 5.11 Å². The van der Waals surface area contributed by atoms with Crippen molar-refractivity contribution in [3.05, 3.63) is 34.9 Å². The summed E-state index contributed by atoms with van der Waals surface area (Å²) in [5.74, 6) is -0.983. The fourth-order valence-corrected chi connectivity index (χ4v) is 2.38. The fourth-order valence-electron chi connectivity index (χ4n) is 2.38. The third-order valence-corrected chi connectivity index (χ3v) is 3.44. The topological polar surface area (TPSA) is 54.4 Å². The molecule has 3 nitrogen and oxygen atoms in total. The SMILES string of the molecule is CC(Cc1cccc2c1CC(C)C2=O)C(=O)O. The number of carboxylic acids is 1. The quantitative estimate of drug-likeness (QED) is 0.870. The zero-order chi connectivity index (χ0) is 12.6. The van der Waals surface area contributed by atoms with Crippen LogP contribution in [0, 0.1) is 11.8 Å². The van der Waals surface area contributed by atoms with Gasteiger partial charge < -0.3 is 5.11 Å². The van der Waals surface area contributed by atoms with E-state index in [0.717, 1.165) is 23.1 Å². The molecule has 1 aromatic carbocycles. The molecule has 0 aliphatic heterocycles. The molecular weight excluding hydrogens is 216 g/mol. The van der Waals surface area contributed by atoms with Gasteiger partial charge in [0.1, 0.15) is 0 Å². The Morgan fingerprint density at radius 3 is 2.88 bits per heavy atom. The summed E-state index contributed by atoms with van der Waals surface area (Å²) in [6, 6.07) is 5.62. The van der Waals surface area contributed by atoms with E-state index >= 15 is 0 Å². The van der Waals surface area contributed by atoms with Crippen LogP contribution in [0.1, 0.15) is 35.3 Å². The molecule has 0 aromatic heterocycles. The average Bonchev–Trinajstić information content (AvgIpc) is 2.57. The van der Waals surface area contributed by atoms with Crippen molar-refractivity contribution < 1.29 is 14.7 Å². The number of ketones is 1. The van der Waals surface area contributed by atoms with Crippen LogP contribution in [0.15, 0.2) is 18.2 Å². The molecule has 2 unspecified atom stereocenters. The summed E-state index contributed by atoms with van der Waals surface area (Å²) in [6.07, 6.45) is 1.25. The van der Waals surface area contributed by atoms with E-state index in [2.05, 4.69) is 0 Å². The minimum Gasteiger partial charge on any atom is -0.481 e. The Bertz CT molecular complexity index is 476. The van der Waals surface area contributed by atoms with E-state index in [1.807, 2.05) is 25.1 Å². The molecule has 3 heteroatoms. The molecule has 1 aliphatic rings. The summed E-state index contributed by atoms with van der Waals surface area (Å²) < 4.78 is 0. The lowest BCUT2D eigenvalue weighted by Crippen LogP contribution is -2.13. The number of carbonyl (C=O) groups is 2. The van der Waals surface area contributed by atoms with Gasteiger partial charge in [0.25, 0.3) is 0 Å². The van der Waals surface area contributed by atoms with Gasteiger partial charge in [0.05, 0.1) is 5.92 Å². The Hall–Kier alpha value is -1.64. The number of rotatable bonds is 3. The summed E-state index contributed by atoms with van der Waals surface area (Å²) >= 11 is 0. The van der Waals surface area contributed by atoms with Gasteiger partial charge in [-0.1, -0.05) is 32.0 Å². The van der Waals surface area contributed by atoms with Crippen molar-refractivity contribution in [2.24, 2.45) is 11.8 Å². The van der Waals surface area contributed by atoms with E-state index in [0.29, 0.717) is 6.42 Å². The van der Waals surface area contributed by atoms with E-state index < -0.39 is 11.9 Å². The van der Waals surface area contributed by atoms with Crippen LogP contribution < -0.4 is 0 Å². The zero-order valence-corrected chi connectivity index (χ0v) is 10.1. The van der Waals surface area contributed by atoms with Gasteiger partial charge in [-0.3, -0.25) is 9.59 Å². The molecule has 2 atom stereocenters. The molecule has 0 radical (unpaired) electrons. The van der Waals surface area contributed by atoms with E-state index in [1.165, 1.54) is 0 Å². The lowest BCUT2D eigenvalue weighted by Gasteiger charge is -2.10. The van der Waals surface area contributed by atoms with Crippen molar-refractivity contribution in [3.63, 3.8) is 0 Å². The highest BCUT2D eigenvalue weighted by molar-refractivity contribution is 6.02. The third-order valence-electron chi connectivity index (χ3n) is 3.44. The second-order valence-electron chi connectivity index (χ2n) is 4.86. The molecule has 0 bridgehead atoms. The number of hydrogen-bond acceptors (Lipinski definition) is 2. The Labute approximate surface area is 100 Å². The first-order valence-electron chi connectivity index (χ1n) is 5.88. The van der Waals surface area contributed by atoms with E-state index in [1.54, 1.807) is 6.92 Å². The molecule has 0 fully saturated rings. The molecular formula is C14H16O3. The maximum Gasteiger partial charge on any atom is 0.306 e. The lowest BCUT2D eigenvalue weighted by molar-refractivity contribution is -0.141. The molecule has 0 heterocycles. The molecule has 1 N–H and O–H groups in total. The Kier molecular flexibility index (Phi) is 3.01. The Balaban J connectivity index is 2.33. The van der Waals surface area contributed by atoms with Crippen LogP contribution >= 0.6 is 0 Å². The Morgan fingerprint density at radius 1 is 1.53 bits per heavy atom. The second-order valence-corrected chi connectivity index (χ2v) is 4.86. The van der Waals surface area contributed by atoms with Crippen LogP contribution in [-0.2, 0) is 17.6 Å². The smallest absolute Gasteiger partial charge is 0.306 e. The van der Waals surface area contributed by atoms with Gasteiger partial charge in [0.2, 0.25) is 0 Å². The summed E-state index contributed by atoms with van der Waals surface area (Å²) in [7, 11) is 0. The van der Waals surface area contributed by atoms with Crippen LogP contribution in [0.25, 0.3) is 0 Å². The predicted octanol–water partition coefficient (Wildman–Crippen LogP) is 2.32. The number of aliphatic carboxylic acids is 1. The highest BCUT2D eigenvalue weighted by Gasteiger charge is 2.29. The van der Waals surface area contributed by atoms with Gasteiger partial charge in [-0.05, 0) is 24.0 Å².